The number of rotatable bonds is 9. The summed E-state index contributed by atoms with van der Waals surface area (Å²) in [5.41, 5.74) is -0.501. The first-order valence-electron chi connectivity index (χ1n) is 11.1. The number of ether oxygens (including phenoxy) is 1. The molecule has 178 valence electrons. The summed E-state index contributed by atoms with van der Waals surface area (Å²) in [4.78, 5) is 18.8. The van der Waals surface area contributed by atoms with E-state index in [-0.39, 0.29) is 35.3 Å². The van der Waals surface area contributed by atoms with Gasteiger partial charge in [-0.1, -0.05) is 20.3 Å². The molecule has 0 aliphatic heterocycles. The summed E-state index contributed by atoms with van der Waals surface area (Å²) < 4.78 is 17.7. The molecule has 0 radical (unpaired) electrons. The average molecular weight is 559 g/mol. The molecule has 0 aromatic carbocycles. The van der Waals surface area contributed by atoms with Crippen molar-refractivity contribution < 1.29 is 13.7 Å². The molecule has 1 aliphatic rings. The third-order valence-corrected chi connectivity index (χ3v) is 6.49. The highest BCUT2D eigenvalue weighted by Gasteiger charge is 2.26. The normalized spacial score (nSPS) is 20.7. The van der Waals surface area contributed by atoms with Gasteiger partial charge in [0.2, 0.25) is 0 Å². The number of hydrogen-bond donors (Lipinski definition) is 2. The maximum atomic E-state index is 12.4. The van der Waals surface area contributed by atoms with Crippen molar-refractivity contribution in [2.75, 3.05) is 31.9 Å². The van der Waals surface area contributed by atoms with Crippen LogP contribution in [-0.4, -0.2) is 70.0 Å². The minimum atomic E-state index is -0.739. The molecule has 0 bridgehead atoms. The first kappa shape index (κ1) is 29.4. The smallest absolute Gasteiger partial charge is 0.410 e. The van der Waals surface area contributed by atoms with Crippen LogP contribution in [0.1, 0.15) is 73.6 Å². The highest BCUT2D eigenvalue weighted by molar-refractivity contribution is 14.0. The van der Waals surface area contributed by atoms with E-state index in [1.807, 2.05) is 41.5 Å². The maximum absolute atomic E-state index is 12.4. The van der Waals surface area contributed by atoms with E-state index >= 15 is 0 Å². The second-order valence-corrected chi connectivity index (χ2v) is 10.5. The van der Waals surface area contributed by atoms with Crippen LogP contribution < -0.4 is 10.6 Å². The Labute approximate surface area is 203 Å². The fourth-order valence-electron chi connectivity index (χ4n) is 3.44. The van der Waals surface area contributed by atoms with Crippen LogP contribution in [-0.2, 0) is 15.5 Å². The minimum Gasteiger partial charge on any atom is -0.444 e. The highest BCUT2D eigenvalue weighted by atomic mass is 127. The predicted molar refractivity (Wildman–Crippen MR) is 137 cm³/mol. The van der Waals surface area contributed by atoms with Crippen LogP contribution in [0.25, 0.3) is 0 Å². The molecule has 0 spiro atoms. The molecule has 1 aliphatic carbocycles. The summed E-state index contributed by atoms with van der Waals surface area (Å²) in [6.07, 6.45) is 4.72. The van der Waals surface area contributed by atoms with Gasteiger partial charge in [-0.3, -0.25) is 9.20 Å². The van der Waals surface area contributed by atoms with E-state index < -0.39 is 16.4 Å². The van der Waals surface area contributed by atoms with Crippen molar-refractivity contribution in [2.45, 2.75) is 90.5 Å². The van der Waals surface area contributed by atoms with Crippen molar-refractivity contribution >= 4 is 46.8 Å². The van der Waals surface area contributed by atoms with Gasteiger partial charge in [-0.2, -0.15) is 0 Å². The van der Waals surface area contributed by atoms with Crippen molar-refractivity contribution in [3.8, 4) is 0 Å². The van der Waals surface area contributed by atoms with E-state index in [0.717, 1.165) is 50.4 Å². The molecule has 1 fully saturated rings. The van der Waals surface area contributed by atoms with Crippen LogP contribution >= 0.6 is 24.0 Å². The molecule has 2 N–H and O–H groups in total. The molecule has 1 saturated carbocycles. The third kappa shape index (κ3) is 11.7. The summed E-state index contributed by atoms with van der Waals surface area (Å²) in [5.74, 6) is 1.49. The number of hydrogen-bond acceptors (Lipinski definition) is 4. The molecule has 3 unspecified atom stereocenters. The lowest BCUT2D eigenvalue weighted by molar-refractivity contribution is 0.0256. The zero-order valence-corrected chi connectivity index (χ0v) is 22.8. The number of nitrogens with zero attached hydrogens (tertiary/aromatic N) is 2. The van der Waals surface area contributed by atoms with Crippen LogP contribution in [0.4, 0.5) is 4.79 Å². The van der Waals surface area contributed by atoms with Gasteiger partial charge in [-0.15, -0.1) is 24.0 Å². The number of carbonyl (C=O) groups excluding carboxylic acids is 1. The summed E-state index contributed by atoms with van der Waals surface area (Å²) in [6.45, 7) is 14.2. The standard InChI is InChI=1S/C21H42N4O3S.HI/c1-7-14-25(20(26)28-21(4,5)6)15-13-23-19(22-8-2)24-17-11-10-12-18(16-17)29(27)9-3;/h17-18H,7-16H2,1-6H3,(H2,22,23,24);1H. The molecular weight excluding hydrogens is 515 g/mol. The Hall–Kier alpha value is -0.580. The van der Waals surface area contributed by atoms with Gasteiger partial charge in [0.15, 0.2) is 5.96 Å². The van der Waals surface area contributed by atoms with Gasteiger partial charge < -0.3 is 20.3 Å². The Morgan fingerprint density at radius 1 is 1.20 bits per heavy atom. The largest absolute Gasteiger partial charge is 0.444 e. The van der Waals surface area contributed by atoms with Crippen LogP contribution in [0.3, 0.4) is 0 Å². The highest BCUT2D eigenvalue weighted by Crippen LogP contribution is 2.23. The van der Waals surface area contributed by atoms with E-state index in [2.05, 4.69) is 15.6 Å². The third-order valence-electron chi connectivity index (χ3n) is 4.75. The van der Waals surface area contributed by atoms with Gasteiger partial charge in [0.1, 0.15) is 5.60 Å². The van der Waals surface area contributed by atoms with Gasteiger partial charge in [-0.25, -0.2) is 4.79 Å². The Bertz CT molecular complexity index is 555. The number of amides is 1. The molecule has 30 heavy (non-hydrogen) atoms. The van der Waals surface area contributed by atoms with Crippen molar-refractivity contribution in [1.82, 2.24) is 15.5 Å². The molecule has 7 nitrogen and oxygen atoms in total. The molecule has 0 heterocycles. The van der Waals surface area contributed by atoms with Gasteiger partial charge in [0, 0.05) is 47.5 Å². The zero-order valence-electron chi connectivity index (χ0n) is 19.7. The quantitative estimate of drug-likeness (QED) is 0.255. The Balaban J connectivity index is 0.00000841. The van der Waals surface area contributed by atoms with E-state index in [0.29, 0.717) is 25.7 Å². The molecular formula is C21H43IN4O3S. The first-order valence-corrected chi connectivity index (χ1v) is 12.5. The predicted octanol–water partition coefficient (Wildman–Crippen LogP) is 3.89. The molecule has 3 atom stereocenters. The van der Waals surface area contributed by atoms with Gasteiger partial charge in [-0.05, 0) is 53.4 Å². The van der Waals surface area contributed by atoms with Crippen molar-refractivity contribution in [3.63, 3.8) is 0 Å². The lowest BCUT2D eigenvalue weighted by Gasteiger charge is -2.30. The van der Waals surface area contributed by atoms with E-state index in [1.165, 1.54) is 0 Å². The summed E-state index contributed by atoms with van der Waals surface area (Å²) >= 11 is 0. The number of aliphatic imine (C=N–C) groups is 1. The monoisotopic (exact) mass is 558 g/mol. The van der Waals surface area contributed by atoms with Crippen molar-refractivity contribution in [1.29, 1.82) is 0 Å². The molecule has 0 aromatic rings. The van der Waals surface area contributed by atoms with Crippen LogP contribution in [0.15, 0.2) is 4.99 Å². The van der Waals surface area contributed by atoms with Crippen LogP contribution in [0.5, 0.6) is 0 Å². The molecule has 9 heteroatoms. The van der Waals surface area contributed by atoms with Gasteiger partial charge in [0.25, 0.3) is 0 Å². The summed E-state index contributed by atoms with van der Waals surface area (Å²) in [6, 6.07) is 0.291. The van der Waals surface area contributed by atoms with Crippen molar-refractivity contribution in [2.24, 2.45) is 4.99 Å². The Morgan fingerprint density at radius 3 is 2.47 bits per heavy atom. The second-order valence-electron chi connectivity index (χ2n) is 8.53. The number of halogens is 1. The lowest BCUT2D eigenvalue weighted by Crippen LogP contribution is -2.47. The molecule has 0 saturated heterocycles. The second kappa shape index (κ2) is 15.3. The topological polar surface area (TPSA) is 83.0 Å². The fraction of sp³-hybridized carbons (Fsp3) is 0.905. The average Bonchev–Trinajstić information content (AvgIpc) is 2.65. The summed E-state index contributed by atoms with van der Waals surface area (Å²) in [7, 11) is -0.739. The SMILES string of the molecule is CCCN(CCN=C(NCC)NC1CCCC(S(=O)CC)C1)C(=O)OC(C)(C)C.I. The van der Waals surface area contributed by atoms with Crippen LogP contribution in [0, 0.1) is 0 Å². The Kier molecular flexibility index (Phi) is 15.0. The number of nitrogens with one attached hydrogen (secondary N) is 2. The Morgan fingerprint density at radius 2 is 1.90 bits per heavy atom. The zero-order chi connectivity index (χ0) is 21.9. The van der Waals surface area contributed by atoms with Gasteiger partial charge >= 0.3 is 6.09 Å². The van der Waals surface area contributed by atoms with Gasteiger partial charge in [0.05, 0.1) is 6.54 Å². The summed E-state index contributed by atoms with van der Waals surface area (Å²) in [5, 5.41) is 7.08. The molecule has 1 amide bonds. The maximum Gasteiger partial charge on any atom is 0.410 e. The molecule has 0 aromatic heterocycles. The minimum absolute atomic E-state index is 0. The number of carbonyl (C=O) groups is 1. The van der Waals surface area contributed by atoms with E-state index in [1.54, 1.807) is 4.90 Å². The number of guanidine groups is 1. The van der Waals surface area contributed by atoms with E-state index in [9.17, 15) is 9.00 Å². The molecule has 1 rings (SSSR count). The first-order chi connectivity index (χ1) is 13.7. The van der Waals surface area contributed by atoms with Crippen molar-refractivity contribution in [3.05, 3.63) is 0 Å². The lowest BCUT2D eigenvalue weighted by atomic mass is 9.95. The fourth-order valence-corrected chi connectivity index (χ4v) is 4.79. The van der Waals surface area contributed by atoms with E-state index in [4.69, 9.17) is 4.74 Å². The van der Waals surface area contributed by atoms with Crippen LogP contribution in [0.2, 0.25) is 0 Å².